The van der Waals surface area contributed by atoms with E-state index in [1.54, 1.807) is 0 Å². The highest BCUT2D eigenvalue weighted by Gasteiger charge is 2.25. The molecule has 0 aliphatic carbocycles. The van der Waals surface area contributed by atoms with Gasteiger partial charge in [0.15, 0.2) is 0 Å². The lowest BCUT2D eigenvalue weighted by atomic mass is 9.98. The van der Waals surface area contributed by atoms with Gasteiger partial charge in [-0.3, -0.25) is 0 Å². The second-order valence-electron chi connectivity index (χ2n) is 5.32. The van der Waals surface area contributed by atoms with Gasteiger partial charge in [-0.25, -0.2) is 28.8 Å². The van der Waals surface area contributed by atoms with Gasteiger partial charge >= 0.3 is 35.8 Å². The van der Waals surface area contributed by atoms with Crippen molar-refractivity contribution in [2.45, 2.75) is 0 Å². The number of hydrogen-bond donors (Lipinski definition) is 6. The summed E-state index contributed by atoms with van der Waals surface area (Å²) in [5, 5.41) is 52.1. The van der Waals surface area contributed by atoms with Crippen LogP contribution in [0.5, 0.6) is 0 Å². The van der Waals surface area contributed by atoms with E-state index in [1.165, 1.54) is 24.3 Å². The van der Waals surface area contributed by atoms with Crippen LogP contribution in [0.2, 0.25) is 0 Å². The van der Waals surface area contributed by atoms with Gasteiger partial charge in [0.25, 0.3) is 0 Å². The minimum absolute atomic E-state index is 0.190. The van der Waals surface area contributed by atoms with Gasteiger partial charge in [-0.2, -0.15) is 0 Å². The number of aromatic carboxylic acids is 6. The normalized spacial score (nSPS) is 9.60. The number of benzene rings is 2. The molecule has 2 rings (SSSR count). The van der Waals surface area contributed by atoms with E-state index in [-0.39, 0.29) is 11.1 Å². The highest BCUT2D eigenvalue weighted by Crippen LogP contribution is 2.18. The molecule has 0 bridgehead atoms. The molecule has 0 unspecified atom stereocenters. The zero-order valence-electron chi connectivity index (χ0n) is 14.6. The number of carbonyl (C=O) groups is 6. The molecule has 0 spiro atoms. The fraction of sp³-hybridized carbons (Fsp3) is 0. The monoisotopic (exact) mass is 420 g/mol. The van der Waals surface area contributed by atoms with E-state index in [1.807, 2.05) is 0 Å². The van der Waals surface area contributed by atoms with Crippen molar-refractivity contribution >= 4 is 35.8 Å². The lowest BCUT2D eigenvalue weighted by molar-refractivity contribution is 0.0637. The molecule has 0 aliphatic rings. The van der Waals surface area contributed by atoms with E-state index < -0.39 is 58.1 Å². The lowest BCUT2D eigenvalue weighted by Crippen LogP contribution is -2.15. The molecule has 0 aliphatic heterocycles. The van der Waals surface area contributed by atoms with Crippen molar-refractivity contribution in [3.8, 4) is 0 Å². The minimum atomic E-state index is -1.66. The molecule has 30 heavy (non-hydrogen) atoms. The smallest absolute Gasteiger partial charge is 0.336 e. The van der Waals surface area contributed by atoms with Gasteiger partial charge < -0.3 is 30.6 Å². The minimum Gasteiger partial charge on any atom is -0.478 e. The van der Waals surface area contributed by atoms with Crippen molar-refractivity contribution in [2.75, 3.05) is 0 Å². The van der Waals surface area contributed by atoms with Crippen LogP contribution in [0.1, 0.15) is 62.1 Å². The third kappa shape index (κ3) is 5.39. The molecule has 156 valence electrons. The lowest BCUT2D eigenvalue weighted by Gasteiger charge is -2.06. The topological polar surface area (TPSA) is 224 Å². The summed E-state index contributed by atoms with van der Waals surface area (Å²) >= 11 is 0. The summed E-state index contributed by atoms with van der Waals surface area (Å²) in [4.78, 5) is 64.0. The van der Waals surface area contributed by atoms with E-state index in [0.717, 1.165) is 0 Å². The van der Waals surface area contributed by atoms with Gasteiger partial charge in [0.1, 0.15) is 0 Å². The summed E-state index contributed by atoms with van der Waals surface area (Å²) in [6, 6.07) is 6.50. The summed E-state index contributed by atoms with van der Waals surface area (Å²) in [7, 11) is 0. The molecule has 0 aromatic heterocycles. The van der Waals surface area contributed by atoms with Crippen molar-refractivity contribution < 1.29 is 59.4 Å². The molecular formula is C18H12O12. The number of carboxylic acid groups (broad SMARTS) is 6. The van der Waals surface area contributed by atoms with Gasteiger partial charge in [-0.05, 0) is 24.3 Å². The Labute approximate surface area is 165 Å². The number of carboxylic acids is 6. The van der Waals surface area contributed by atoms with Crippen LogP contribution in [0.25, 0.3) is 0 Å². The van der Waals surface area contributed by atoms with Crippen LogP contribution in [0.4, 0.5) is 0 Å². The maximum atomic E-state index is 10.8. The molecule has 6 N–H and O–H groups in total. The largest absolute Gasteiger partial charge is 0.478 e. The Kier molecular flexibility index (Phi) is 7.34. The van der Waals surface area contributed by atoms with Crippen molar-refractivity contribution in [3.63, 3.8) is 0 Å². The number of rotatable bonds is 6. The highest BCUT2D eigenvalue weighted by atomic mass is 16.4. The average molecular weight is 420 g/mol. The Morgan fingerprint density at radius 3 is 0.767 bits per heavy atom. The summed E-state index contributed by atoms with van der Waals surface area (Å²) < 4.78 is 0. The van der Waals surface area contributed by atoms with E-state index in [0.29, 0.717) is 12.1 Å². The van der Waals surface area contributed by atoms with Crippen LogP contribution >= 0.6 is 0 Å². The van der Waals surface area contributed by atoms with Crippen LogP contribution in [0.3, 0.4) is 0 Å². The Balaban J connectivity index is 0.000000325. The molecule has 0 amide bonds. The summed E-state index contributed by atoms with van der Waals surface area (Å²) in [6.07, 6.45) is 0. The predicted octanol–water partition coefficient (Wildman–Crippen LogP) is 1.56. The quantitative estimate of drug-likeness (QED) is 0.391. The Morgan fingerprint density at radius 2 is 0.600 bits per heavy atom. The molecule has 0 atom stereocenters. The van der Waals surface area contributed by atoms with Gasteiger partial charge in [0.2, 0.25) is 0 Å². The summed E-state index contributed by atoms with van der Waals surface area (Å²) in [5.74, 6) is -9.10. The SMILES string of the molecule is O=C(O)c1cc(C(=O)O)c(C(=O)O)cc1C(=O)O.O=C(O)c1ccccc1C(=O)O. The fourth-order valence-electron chi connectivity index (χ4n) is 2.16. The van der Waals surface area contributed by atoms with Crippen molar-refractivity contribution in [2.24, 2.45) is 0 Å². The maximum Gasteiger partial charge on any atom is 0.336 e. The zero-order chi connectivity index (χ0) is 23.2. The van der Waals surface area contributed by atoms with E-state index >= 15 is 0 Å². The first kappa shape index (κ1) is 23.3. The zero-order valence-corrected chi connectivity index (χ0v) is 14.6. The van der Waals surface area contributed by atoms with Crippen LogP contribution in [0.15, 0.2) is 36.4 Å². The first-order chi connectivity index (χ1) is 13.9. The first-order valence-corrected chi connectivity index (χ1v) is 7.55. The molecule has 2 aromatic rings. The van der Waals surface area contributed by atoms with Crippen molar-refractivity contribution in [3.05, 3.63) is 69.8 Å². The Hall–Kier alpha value is -4.74. The number of hydrogen-bond acceptors (Lipinski definition) is 6. The molecule has 12 nitrogen and oxygen atoms in total. The average Bonchev–Trinajstić information content (AvgIpc) is 2.66. The predicted molar refractivity (Wildman–Crippen MR) is 94.6 cm³/mol. The van der Waals surface area contributed by atoms with Gasteiger partial charge in [0, 0.05) is 0 Å². The third-order valence-corrected chi connectivity index (χ3v) is 3.47. The standard InChI is InChI=1S/C10H6O8.C8H6O4/c11-7(12)3-1-4(8(13)14)6(10(17)18)2-5(3)9(15)16;9-7(10)5-3-1-2-4-6(5)8(11)12/h1-2H,(H,11,12)(H,13,14)(H,15,16)(H,17,18);1-4H,(H,9,10)(H,11,12). The second kappa shape index (κ2) is 9.45. The van der Waals surface area contributed by atoms with Gasteiger partial charge in [-0.1, -0.05) is 12.1 Å². The molecular weight excluding hydrogens is 408 g/mol. The Bertz CT molecular complexity index is 936. The van der Waals surface area contributed by atoms with Crippen LogP contribution in [-0.2, 0) is 0 Å². The molecule has 12 heteroatoms. The fourth-order valence-corrected chi connectivity index (χ4v) is 2.16. The molecule has 2 aromatic carbocycles. The Morgan fingerprint density at radius 1 is 0.400 bits per heavy atom. The van der Waals surface area contributed by atoms with Crippen LogP contribution in [0, 0.1) is 0 Å². The molecule has 0 heterocycles. The van der Waals surface area contributed by atoms with E-state index in [2.05, 4.69) is 0 Å². The second-order valence-corrected chi connectivity index (χ2v) is 5.32. The first-order valence-electron chi connectivity index (χ1n) is 7.55. The highest BCUT2D eigenvalue weighted by molar-refractivity contribution is 6.09. The van der Waals surface area contributed by atoms with E-state index in [4.69, 9.17) is 30.6 Å². The van der Waals surface area contributed by atoms with Gasteiger partial charge in [0.05, 0.1) is 33.4 Å². The summed E-state index contributed by atoms with van der Waals surface area (Å²) in [6.45, 7) is 0. The molecule has 0 saturated carbocycles. The molecule has 0 radical (unpaired) electrons. The summed E-state index contributed by atoms with van der Waals surface area (Å²) in [5.41, 5.74) is -3.53. The van der Waals surface area contributed by atoms with E-state index in [9.17, 15) is 28.8 Å². The van der Waals surface area contributed by atoms with Crippen molar-refractivity contribution in [1.29, 1.82) is 0 Å². The maximum absolute atomic E-state index is 10.8. The third-order valence-electron chi connectivity index (χ3n) is 3.47. The van der Waals surface area contributed by atoms with Gasteiger partial charge in [-0.15, -0.1) is 0 Å². The van der Waals surface area contributed by atoms with Crippen LogP contribution < -0.4 is 0 Å². The van der Waals surface area contributed by atoms with Crippen LogP contribution in [-0.4, -0.2) is 66.5 Å². The molecule has 0 saturated heterocycles. The molecule has 0 fully saturated rings. The van der Waals surface area contributed by atoms with Crippen molar-refractivity contribution in [1.82, 2.24) is 0 Å².